The highest BCUT2D eigenvalue weighted by molar-refractivity contribution is 5.76. The Morgan fingerprint density at radius 2 is 0.603 bits per heavy atom. The predicted molar refractivity (Wildman–Crippen MR) is 343 cm³/mol. The van der Waals surface area contributed by atoms with Crippen LogP contribution < -0.4 is 5.32 Å². The van der Waals surface area contributed by atoms with Gasteiger partial charge in [-0.05, 0) is 57.8 Å². The van der Waals surface area contributed by atoms with Crippen molar-refractivity contribution < 1.29 is 24.5 Å². The summed E-state index contributed by atoms with van der Waals surface area (Å²) in [5.74, 6) is -0.0445. The molecule has 0 aromatic heterocycles. The van der Waals surface area contributed by atoms with Gasteiger partial charge in [0.15, 0.2) is 0 Å². The zero-order valence-electron chi connectivity index (χ0n) is 52.9. The third-order valence-electron chi connectivity index (χ3n) is 16.7. The molecule has 0 heterocycles. The van der Waals surface area contributed by atoms with Crippen LogP contribution in [0.25, 0.3) is 0 Å². The molecule has 2 atom stereocenters. The number of aliphatic hydroxyl groups is 2. The zero-order chi connectivity index (χ0) is 56.4. The van der Waals surface area contributed by atoms with Crippen LogP contribution in [0.1, 0.15) is 399 Å². The third-order valence-corrected chi connectivity index (χ3v) is 16.7. The van der Waals surface area contributed by atoms with Crippen LogP contribution >= 0.6 is 0 Å². The molecule has 3 N–H and O–H groups in total. The van der Waals surface area contributed by atoms with Crippen LogP contribution in [0.2, 0.25) is 0 Å². The quantitative estimate of drug-likeness (QED) is 0.0320. The summed E-state index contributed by atoms with van der Waals surface area (Å²) in [5, 5.41) is 23.1. The second kappa shape index (κ2) is 67.8. The molecule has 1 amide bonds. The van der Waals surface area contributed by atoms with Gasteiger partial charge >= 0.3 is 5.97 Å². The Bertz CT molecular complexity index is 1220. The van der Waals surface area contributed by atoms with Gasteiger partial charge in [0.2, 0.25) is 5.91 Å². The lowest BCUT2D eigenvalue weighted by Crippen LogP contribution is -2.45. The number of rotatable bonds is 67. The van der Waals surface area contributed by atoms with Crippen LogP contribution in [0.3, 0.4) is 0 Å². The van der Waals surface area contributed by atoms with Gasteiger partial charge < -0.3 is 20.3 Å². The number of hydrogen-bond acceptors (Lipinski definition) is 5. The molecule has 6 heteroatoms. The first-order valence-corrected chi connectivity index (χ1v) is 35.6. The second-order valence-corrected chi connectivity index (χ2v) is 24.6. The molecule has 0 spiro atoms. The van der Waals surface area contributed by atoms with Gasteiger partial charge in [-0.15, -0.1) is 0 Å². The number of amides is 1. The first-order valence-electron chi connectivity index (χ1n) is 35.6. The van der Waals surface area contributed by atoms with Crippen molar-refractivity contribution >= 4 is 11.9 Å². The predicted octanol–water partition coefficient (Wildman–Crippen LogP) is 22.9. The van der Waals surface area contributed by atoms with E-state index in [1.54, 1.807) is 6.08 Å². The molecule has 0 rings (SSSR count). The molecule has 0 saturated heterocycles. The van der Waals surface area contributed by atoms with Crippen LogP contribution in [-0.4, -0.2) is 47.4 Å². The van der Waals surface area contributed by atoms with Crippen LogP contribution in [0.4, 0.5) is 0 Å². The lowest BCUT2D eigenvalue weighted by atomic mass is 10.0. The van der Waals surface area contributed by atoms with Gasteiger partial charge in [-0.25, -0.2) is 0 Å². The topological polar surface area (TPSA) is 95.9 Å². The lowest BCUT2D eigenvalue weighted by molar-refractivity contribution is -0.143. The molecule has 0 fully saturated rings. The van der Waals surface area contributed by atoms with Crippen LogP contribution in [0, 0.1) is 0 Å². The fraction of sp³-hybridized carbons (Fsp3) is 0.917. The monoisotopic (exact) mass is 1100 g/mol. The maximum atomic E-state index is 12.5. The van der Waals surface area contributed by atoms with Gasteiger partial charge in [-0.1, -0.05) is 353 Å². The molecule has 0 bridgehead atoms. The van der Waals surface area contributed by atoms with Crippen molar-refractivity contribution in [2.45, 2.75) is 411 Å². The van der Waals surface area contributed by atoms with Gasteiger partial charge in [0.05, 0.1) is 25.4 Å². The average Bonchev–Trinajstić information content (AvgIpc) is 3.44. The minimum atomic E-state index is -0.840. The number of carbonyl (C=O) groups is 2. The highest BCUT2D eigenvalue weighted by Gasteiger charge is 2.18. The van der Waals surface area contributed by atoms with Crippen molar-refractivity contribution in [2.75, 3.05) is 13.2 Å². The Balaban J connectivity index is 3.32. The number of allylic oxidation sites excluding steroid dienone is 3. The molecule has 0 radical (unpaired) electrons. The average molecular weight is 1100 g/mol. The summed E-state index contributed by atoms with van der Waals surface area (Å²) in [6.45, 7) is 4.93. The molecule has 0 aromatic rings. The van der Waals surface area contributed by atoms with E-state index in [2.05, 4.69) is 31.3 Å². The number of nitrogens with one attached hydrogen (secondary N) is 1. The summed E-state index contributed by atoms with van der Waals surface area (Å²) < 4.78 is 5.51. The zero-order valence-corrected chi connectivity index (χ0v) is 52.9. The van der Waals surface area contributed by atoms with E-state index in [0.717, 1.165) is 44.9 Å². The van der Waals surface area contributed by atoms with E-state index in [-0.39, 0.29) is 18.5 Å². The number of esters is 1. The van der Waals surface area contributed by atoms with Crippen LogP contribution in [0.5, 0.6) is 0 Å². The van der Waals surface area contributed by atoms with Crippen molar-refractivity contribution in [3.8, 4) is 0 Å². The molecule has 0 saturated carbocycles. The van der Waals surface area contributed by atoms with Crippen molar-refractivity contribution in [3.63, 3.8) is 0 Å². The molecule has 78 heavy (non-hydrogen) atoms. The molecule has 0 aliphatic carbocycles. The molecule has 462 valence electrons. The third kappa shape index (κ3) is 63.5. The fourth-order valence-corrected chi connectivity index (χ4v) is 11.3. The van der Waals surface area contributed by atoms with Gasteiger partial charge in [-0.2, -0.15) is 0 Å². The van der Waals surface area contributed by atoms with E-state index in [9.17, 15) is 19.8 Å². The molecule has 0 aliphatic rings. The van der Waals surface area contributed by atoms with E-state index in [0.29, 0.717) is 19.4 Å². The van der Waals surface area contributed by atoms with Crippen molar-refractivity contribution in [3.05, 3.63) is 24.3 Å². The summed E-state index contributed by atoms with van der Waals surface area (Å²) in [6, 6.07) is -0.623. The first kappa shape index (κ1) is 76.3. The Morgan fingerprint density at radius 3 is 0.910 bits per heavy atom. The minimum Gasteiger partial charge on any atom is -0.466 e. The van der Waals surface area contributed by atoms with Gasteiger partial charge in [0.25, 0.3) is 0 Å². The van der Waals surface area contributed by atoms with Crippen molar-refractivity contribution in [1.29, 1.82) is 0 Å². The molecular formula is C72H139NO5. The largest absolute Gasteiger partial charge is 0.466 e. The van der Waals surface area contributed by atoms with E-state index < -0.39 is 12.1 Å². The molecule has 2 unspecified atom stereocenters. The highest BCUT2D eigenvalue weighted by atomic mass is 16.5. The smallest absolute Gasteiger partial charge is 0.305 e. The number of ether oxygens (including phenoxy) is 1. The Hall–Kier alpha value is -1.66. The SMILES string of the molecule is CCCCCCCC/C=C\CCCCCCCCCC(=O)OCCCCCCCCCCCCCCCCCCCCCCCCCCCCCCCCCC(=O)NC(CO)C(O)/C=C/CCCCCCCCCCCCC. The van der Waals surface area contributed by atoms with Gasteiger partial charge in [-0.3, -0.25) is 9.59 Å². The maximum Gasteiger partial charge on any atom is 0.305 e. The normalized spacial score (nSPS) is 12.6. The Labute approximate surface area is 488 Å². The fourth-order valence-electron chi connectivity index (χ4n) is 11.3. The summed E-state index contributed by atoms with van der Waals surface area (Å²) >= 11 is 0. The standard InChI is InChI=1S/C72H139NO5/c1-3-5-7-9-11-13-15-17-18-34-38-42-46-50-54-58-62-66-72(77)78-67-63-59-55-51-47-43-39-36-33-31-29-27-25-23-21-19-20-22-24-26-28-30-32-35-37-41-45-49-53-57-61-65-71(76)73-69(68-74)70(75)64-60-56-52-48-44-40-16-14-12-10-8-6-4-2/h17-18,60,64,69-70,74-75H,3-16,19-59,61-63,65-68H2,1-2H3,(H,73,76)/b18-17-,64-60+. The van der Waals surface area contributed by atoms with E-state index in [1.807, 2.05) is 6.08 Å². The van der Waals surface area contributed by atoms with Crippen molar-refractivity contribution in [2.24, 2.45) is 0 Å². The summed E-state index contributed by atoms with van der Waals surface area (Å²) in [6.07, 6.45) is 85.6. The summed E-state index contributed by atoms with van der Waals surface area (Å²) in [5.41, 5.74) is 0. The lowest BCUT2D eigenvalue weighted by Gasteiger charge is -2.20. The summed E-state index contributed by atoms with van der Waals surface area (Å²) in [7, 11) is 0. The molecule has 0 aliphatic heterocycles. The van der Waals surface area contributed by atoms with E-state index in [1.165, 1.54) is 327 Å². The Morgan fingerprint density at radius 1 is 0.346 bits per heavy atom. The van der Waals surface area contributed by atoms with E-state index >= 15 is 0 Å². The number of hydrogen-bond donors (Lipinski definition) is 3. The minimum absolute atomic E-state index is 0.0177. The first-order chi connectivity index (χ1) is 38.5. The maximum absolute atomic E-state index is 12.5. The number of carbonyl (C=O) groups excluding carboxylic acids is 2. The Kier molecular flexibility index (Phi) is 66.4. The van der Waals surface area contributed by atoms with Crippen molar-refractivity contribution in [1.82, 2.24) is 5.32 Å². The number of aliphatic hydroxyl groups excluding tert-OH is 2. The van der Waals surface area contributed by atoms with Gasteiger partial charge in [0, 0.05) is 12.8 Å². The van der Waals surface area contributed by atoms with Crippen LogP contribution in [0.15, 0.2) is 24.3 Å². The highest BCUT2D eigenvalue weighted by Crippen LogP contribution is 2.19. The second-order valence-electron chi connectivity index (χ2n) is 24.6. The van der Waals surface area contributed by atoms with Gasteiger partial charge in [0.1, 0.15) is 0 Å². The summed E-state index contributed by atoms with van der Waals surface area (Å²) in [4.78, 5) is 24.6. The molecule has 6 nitrogen and oxygen atoms in total. The molecular weight excluding hydrogens is 959 g/mol. The van der Waals surface area contributed by atoms with E-state index in [4.69, 9.17) is 4.74 Å². The van der Waals surface area contributed by atoms with Crippen LogP contribution in [-0.2, 0) is 14.3 Å². The molecule has 0 aromatic carbocycles. The number of unbranched alkanes of at least 4 members (excludes halogenated alkanes) is 54.